The Bertz CT molecular complexity index is 523. The summed E-state index contributed by atoms with van der Waals surface area (Å²) in [4.78, 5) is 21.3. The second-order valence-electron chi connectivity index (χ2n) is 2.38. The molecular weight excluding hydrogens is 213 g/mol. The molecule has 1 N–H and O–H groups in total. The molecule has 0 bridgehead atoms. The summed E-state index contributed by atoms with van der Waals surface area (Å²) in [6.07, 6.45) is 1.41. The van der Waals surface area contributed by atoms with Gasteiger partial charge >= 0.3 is 0 Å². The average Bonchev–Trinajstić information content (AvgIpc) is 2.06. The Labute approximate surface area is 82.5 Å². The highest BCUT2D eigenvalue weighted by Gasteiger charge is 2.03. The minimum atomic E-state index is -0.343. The van der Waals surface area contributed by atoms with Gasteiger partial charge in [-0.15, -0.1) is 0 Å². The fraction of sp³-hybridized carbons (Fsp3) is 0. The Morgan fingerprint density at radius 1 is 1.38 bits per heavy atom. The van der Waals surface area contributed by atoms with Gasteiger partial charge in [0.1, 0.15) is 0 Å². The van der Waals surface area contributed by atoms with Crippen LogP contribution >= 0.6 is 23.2 Å². The van der Waals surface area contributed by atoms with Crippen LogP contribution in [0.1, 0.15) is 0 Å². The van der Waals surface area contributed by atoms with Crippen molar-refractivity contribution in [2.24, 2.45) is 0 Å². The van der Waals surface area contributed by atoms with E-state index in [1.807, 2.05) is 0 Å². The third-order valence-electron chi connectivity index (χ3n) is 1.50. The van der Waals surface area contributed by atoms with Crippen molar-refractivity contribution in [2.45, 2.75) is 0 Å². The number of rotatable bonds is 0. The molecule has 0 saturated carbocycles. The van der Waals surface area contributed by atoms with Crippen molar-refractivity contribution >= 4 is 34.2 Å². The molecular formula is C7H3Cl2N3O. The molecule has 0 spiro atoms. The molecule has 0 amide bonds. The number of nitrogens with zero attached hydrogens (tertiary/aromatic N) is 2. The zero-order valence-electron chi connectivity index (χ0n) is 6.21. The van der Waals surface area contributed by atoms with Gasteiger partial charge in [-0.05, 0) is 17.7 Å². The second kappa shape index (κ2) is 2.97. The molecule has 0 aliphatic heterocycles. The largest absolute Gasteiger partial charge is 0.297 e. The van der Waals surface area contributed by atoms with Crippen molar-refractivity contribution in [3.63, 3.8) is 0 Å². The Balaban J connectivity index is 2.95. The van der Waals surface area contributed by atoms with Crippen molar-refractivity contribution < 1.29 is 0 Å². The Morgan fingerprint density at radius 3 is 2.92 bits per heavy atom. The standard InChI is InChI=1S/C7H3Cl2N3O/c8-3-1-4-5(10-2-3)11-7(9)12-6(4)13/h1-2H,(H,10,11,12,13). The van der Waals surface area contributed by atoms with Crippen LogP contribution in [-0.4, -0.2) is 15.0 Å². The Hall–Kier alpha value is -1.13. The first-order valence-electron chi connectivity index (χ1n) is 3.38. The Morgan fingerprint density at radius 2 is 2.15 bits per heavy atom. The molecule has 13 heavy (non-hydrogen) atoms. The molecule has 2 rings (SSSR count). The van der Waals surface area contributed by atoms with Gasteiger partial charge < -0.3 is 0 Å². The fourth-order valence-electron chi connectivity index (χ4n) is 0.970. The summed E-state index contributed by atoms with van der Waals surface area (Å²) in [6, 6.07) is 1.49. The van der Waals surface area contributed by atoms with E-state index >= 15 is 0 Å². The van der Waals surface area contributed by atoms with Gasteiger partial charge in [-0.1, -0.05) is 11.6 Å². The minimum absolute atomic E-state index is 0.0207. The van der Waals surface area contributed by atoms with E-state index in [2.05, 4.69) is 15.0 Å². The van der Waals surface area contributed by atoms with Crippen LogP contribution in [0.5, 0.6) is 0 Å². The molecule has 66 valence electrons. The van der Waals surface area contributed by atoms with Crippen molar-refractivity contribution in [3.8, 4) is 0 Å². The van der Waals surface area contributed by atoms with E-state index < -0.39 is 0 Å². The fourth-order valence-corrected chi connectivity index (χ4v) is 1.29. The Kier molecular flexibility index (Phi) is 1.94. The van der Waals surface area contributed by atoms with E-state index in [1.54, 1.807) is 0 Å². The van der Waals surface area contributed by atoms with Crippen LogP contribution in [0.3, 0.4) is 0 Å². The lowest BCUT2D eigenvalue weighted by atomic mass is 10.3. The monoisotopic (exact) mass is 215 g/mol. The van der Waals surface area contributed by atoms with E-state index in [0.29, 0.717) is 10.4 Å². The summed E-state index contributed by atoms with van der Waals surface area (Å²) in [5.41, 5.74) is -0.0526. The van der Waals surface area contributed by atoms with Crippen LogP contribution < -0.4 is 5.56 Å². The molecule has 0 saturated heterocycles. The number of halogens is 2. The number of H-pyrrole nitrogens is 1. The molecule has 0 fully saturated rings. The highest BCUT2D eigenvalue weighted by Crippen LogP contribution is 2.12. The van der Waals surface area contributed by atoms with Crippen LogP contribution in [0.2, 0.25) is 10.3 Å². The molecule has 0 aliphatic carbocycles. The smallest absolute Gasteiger partial charge is 0.261 e. The third kappa shape index (κ3) is 1.50. The molecule has 0 aromatic carbocycles. The number of nitrogens with one attached hydrogen (secondary N) is 1. The van der Waals surface area contributed by atoms with Crippen molar-refractivity contribution in [2.75, 3.05) is 0 Å². The van der Waals surface area contributed by atoms with E-state index in [4.69, 9.17) is 23.2 Å². The van der Waals surface area contributed by atoms with Gasteiger partial charge in [0.2, 0.25) is 5.28 Å². The first-order chi connectivity index (χ1) is 6.16. The number of hydrogen-bond acceptors (Lipinski definition) is 3. The van der Waals surface area contributed by atoms with Gasteiger partial charge in [-0.2, -0.15) is 4.98 Å². The third-order valence-corrected chi connectivity index (χ3v) is 1.88. The predicted molar refractivity (Wildman–Crippen MR) is 50.2 cm³/mol. The van der Waals surface area contributed by atoms with E-state index in [1.165, 1.54) is 12.3 Å². The minimum Gasteiger partial charge on any atom is -0.297 e. The lowest BCUT2D eigenvalue weighted by Gasteiger charge is -1.95. The second-order valence-corrected chi connectivity index (χ2v) is 3.18. The van der Waals surface area contributed by atoms with Crippen LogP contribution in [0, 0.1) is 0 Å². The quantitative estimate of drug-likeness (QED) is 0.680. The summed E-state index contributed by atoms with van der Waals surface area (Å²) in [6.45, 7) is 0. The molecule has 0 atom stereocenters. The molecule has 0 unspecified atom stereocenters. The van der Waals surface area contributed by atoms with Crippen molar-refractivity contribution in [3.05, 3.63) is 32.9 Å². The average molecular weight is 216 g/mol. The lowest BCUT2D eigenvalue weighted by molar-refractivity contribution is 1.14. The van der Waals surface area contributed by atoms with Crippen molar-refractivity contribution in [1.82, 2.24) is 15.0 Å². The van der Waals surface area contributed by atoms with E-state index in [0.717, 1.165) is 0 Å². The van der Waals surface area contributed by atoms with Crippen molar-refractivity contribution in [1.29, 1.82) is 0 Å². The maximum absolute atomic E-state index is 11.3. The maximum Gasteiger partial charge on any atom is 0.261 e. The highest BCUT2D eigenvalue weighted by molar-refractivity contribution is 6.31. The lowest BCUT2D eigenvalue weighted by Crippen LogP contribution is -2.08. The van der Waals surface area contributed by atoms with Crippen LogP contribution in [-0.2, 0) is 0 Å². The summed E-state index contributed by atoms with van der Waals surface area (Å²) >= 11 is 11.2. The molecule has 2 heterocycles. The molecule has 4 nitrogen and oxygen atoms in total. The highest BCUT2D eigenvalue weighted by atomic mass is 35.5. The van der Waals surface area contributed by atoms with Crippen LogP contribution in [0.4, 0.5) is 0 Å². The number of aromatic nitrogens is 3. The molecule has 6 heteroatoms. The van der Waals surface area contributed by atoms with Gasteiger partial charge in [-0.25, -0.2) is 4.98 Å². The number of pyridine rings is 1. The van der Waals surface area contributed by atoms with Crippen LogP contribution in [0.25, 0.3) is 11.0 Å². The number of hydrogen-bond donors (Lipinski definition) is 1. The topological polar surface area (TPSA) is 58.6 Å². The van der Waals surface area contributed by atoms with Gasteiger partial charge in [0.25, 0.3) is 5.56 Å². The van der Waals surface area contributed by atoms with Gasteiger partial charge in [0.05, 0.1) is 10.4 Å². The molecule has 2 aromatic rings. The number of fused-ring (bicyclic) bond motifs is 1. The summed E-state index contributed by atoms with van der Waals surface area (Å²) in [7, 11) is 0. The van der Waals surface area contributed by atoms with Gasteiger partial charge in [0.15, 0.2) is 5.65 Å². The first kappa shape index (κ1) is 8.47. The maximum atomic E-state index is 11.3. The summed E-state index contributed by atoms with van der Waals surface area (Å²) in [5.74, 6) is 0. The number of aromatic amines is 1. The summed E-state index contributed by atoms with van der Waals surface area (Å²) in [5, 5.41) is 0.742. The van der Waals surface area contributed by atoms with Gasteiger partial charge in [-0.3, -0.25) is 9.78 Å². The predicted octanol–water partition coefficient (Wildman–Crippen LogP) is 1.62. The zero-order valence-corrected chi connectivity index (χ0v) is 7.73. The molecule has 0 aliphatic rings. The van der Waals surface area contributed by atoms with Gasteiger partial charge in [0, 0.05) is 6.20 Å². The molecule has 2 aromatic heterocycles. The normalized spacial score (nSPS) is 10.6. The van der Waals surface area contributed by atoms with E-state index in [-0.39, 0.29) is 16.5 Å². The SMILES string of the molecule is O=c1[nH]c(Cl)nc2ncc(Cl)cc12. The first-order valence-corrected chi connectivity index (χ1v) is 4.13. The molecule has 0 radical (unpaired) electrons. The zero-order chi connectivity index (χ0) is 9.42. The van der Waals surface area contributed by atoms with E-state index in [9.17, 15) is 4.79 Å². The van der Waals surface area contributed by atoms with Crippen LogP contribution in [0.15, 0.2) is 17.1 Å². The summed E-state index contributed by atoms with van der Waals surface area (Å²) < 4.78 is 0.